The van der Waals surface area contributed by atoms with Crippen LogP contribution in [0, 0.1) is 0 Å². The van der Waals surface area contributed by atoms with Crippen LogP contribution in [-0.4, -0.2) is 12.2 Å². The van der Waals surface area contributed by atoms with E-state index in [2.05, 4.69) is 26.0 Å². The normalized spacial score (nSPS) is 12.4. The Kier molecular flexibility index (Phi) is 4.30. The molecule has 20 heavy (non-hydrogen) atoms. The number of ether oxygens (including phenoxy) is 1. The topological polar surface area (TPSA) is 55.5 Å². The summed E-state index contributed by atoms with van der Waals surface area (Å²) in [7, 11) is 1.58. The van der Waals surface area contributed by atoms with Gasteiger partial charge < -0.3 is 15.6 Å². The summed E-state index contributed by atoms with van der Waals surface area (Å²) in [5.74, 6) is 1.11. The number of methoxy groups -OCH3 is 1. The van der Waals surface area contributed by atoms with Gasteiger partial charge in [0.05, 0.1) is 12.8 Å². The minimum Gasteiger partial charge on any atom is -0.495 e. The van der Waals surface area contributed by atoms with Crippen molar-refractivity contribution in [2.75, 3.05) is 12.8 Å². The van der Waals surface area contributed by atoms with Crippen molar-refractivity contribution in [1.82, 2.24) is 0 Å². The smallest absolute Gasteiger partial charge is 0.141 e. The van der Waals surface area contributed by atoms with Crippen LogP contribution >= 0.6 is 0 Å². The Bertz CT molecular complexity index is 576. The van der Waals surface area contributed by atoms with E-state index in [1.807, 2.05) is 18.2 Å². The van der Waals surface area contributed by atoms with E-state index in [-0.39, 0.29) is 0 Å². The Hall–Kier alpha value is -2.00. The third-order valence-corrected chi connectivity index (χ3v) is 3.49. The van der Waals surface area contributed by atoms with Gasteiger partial charge >= 0.3 is 0 Å². The number of nitrogens with two attached hydrogens (primary N) is 1. The van der Waals surface area contributed by atoms with Gasteiger partial charge in [-0.25, -0.2) is 0 Å². The summed E-state index contributed by atoms with van der Waals surface area (Å²) in [5, 5.41) is 10.4. The molecule has 3 heteroatoms. The van der Waals surface area contributed by atoms with Crippen LogP contribution in [0.15, 0.2) is 42.5 Å². The average Bonchev–Trinajstić information content (AvgIpc) is 2.46. The molecule has 2 aromatic rings. The van der Waals surface area contributed by atoms with Gasteiger partial charge in [-0.05, 0) is 34.7 Å². The van der Waals surface area contributed by atoms with Crippen LogP contribution in [-0.2, 0) is 0 Å². The van der Waals surface area contributed by atoms with Crippen molar-refractivity contribution < 1.29 is 9.84 Å². The van der Waals surface area contributed by atoms with E-state index in [4.69, 9.17) is 10.5 Å². The van der Waals surface area contributed by atoms with Gasteiger partial charge in [0.25, 0.3) is 0 Å². The summed E-state index contributed by atoms with van der Waals surface area (Å²) < 4.78 is 5.12. The molecule has 0 aromatic heterocycles. The zero-order valence-electron chi connectivity index (χ0n) is 12.1. The second kappa shape index (κ2) is 5.97. The maximum Gasteiger partial charge on any atom is 0.141 e. The van der Waals surface area contributed by atoms with E-state index in [9.17, 15) is 5.11 Å². The number of hydrogen-bond donors (Lipinski definition) is 2. The number of aliphatic hydroxyl groups is 1. The predicted molar refractivity (Wildman–Crippen MR) is 82.0 cm³/mol. The Morgan fingerprint density at radius 3 is 2.00 bits per heavy atom. The van der Waals surface area contributed by atoms with Crippen LogP contribution in [0.3, 0.4) is 0 Å². The summed E-state index contributed by atoms with van der Waals surface area (Å²) in [4.78, 5) is 0. The molecule has 0 amide bonds. The van der Waals surface area contributed by atoms with Crippen molar-refractivity contribution in [3.8, 4) is 5.75 Å². The monoisotopic (exact) mass is 271 g/mol. The number of anilines is 1. The van der Waals surface area contributed by atoms with Gasteiger partial charge in [-0.15, -0.1) is 0 Å². The first-order valence-electron chi connectivity index (χ1n) is 6.74. The van der Waals surface area contributed by atoms with Crippen LogP contribution in [0.25, 0.3) is 0 Å². The second-order valence-corrected chi connectivity index (χ2v) is 5.23. The lowest BCUT2D eigenvalue weighted by atomic mass is 9.97. The van der Waals surface area contributed by atoms with Crippen LogP contribution in [0.5, 0.6) is 5.75 Å². The van der Waals surface area contributed by atoms with Gasteiger partial charge in [0.2, 0.25) is 0 Å². The SMILES string of the molecule is COc1ccc(C(O)c2ccc(C(C)C)cc2)cc1N. The molecule has 0 aliphatic carbocycles. The molecule has 0 aliphatic rings. The van der Waals surface area contributed by atoms with E-state index in [0.29, 0.717) is 17.4 Å². The summed E-state index contributed by atoms with van der Waals surface area (Å²) in [6, 6.07) is 13.4. The molecule has 3 nitrogen and oxygen atoms in total. The van der Waals surface area contributed by atoms with Crippen molar-refractivity contribution in [3.05, 3.63) is 59.2 Å². The molecular weight excluding hydrogens is 250 g/mol. The lowest BCUT2D eigenvalue weighted by molar-refractivity contribution is 0.220. The molecule has 0 radical (unpaired) electrons. The summed E-state index contributed by atoms with van der Waals surface area (Å²) in [6.07, 6.45) is -0.676. The quantitative estimate of drug-likeness (QED) is 0.837. The molecular formula is C17H21NO2. The molecule has 106 valence electrons. The fraction of sp³-hybridized carbons (Fsp3) is 0.294. The standard InChI is InChI=1S/C17H21NO2/c1-11(2)12-4-6-13(7-5-12)17(19)14-8-9-16(20-3)15(18)10-14/h4-11,17,19H,18H2,1-3H3. The van der Waals surface area contributed by atoms with E-state index in [1.54, 1.807) is 19.2 Å². The molecule has 0 spiro atoms. The van der Waals surface area contributed by atoms with Gasteiger partial charge in [0.15, 0.2) is 0 Å². The van der Waals surface area contributed by atoms with E-state index in [0.717, 1.165) is 11.1 Å². The number of benzene rings is 2. The third-order valence-electron chi connectivity index (χ3n) is 3.49. The molecule has 1 unspecified atom stereocenters. The molecule has 0 aliphatic heterocycles. The molecule has 0 saturated heterocycles. The number of aliphatic hydroxyl groups excluding tert-OH is 1. The maximum atomic E-state index is 10.4. The van der Waals surface area contributed by atoms with Gasteiger partial charge in [-0.3, -0.25) is 0 Å². The minimum absolute atomic E-state index is 0.484. The lowest BCUT2D eigenvalue weighted by Gasteiger charge is -2.14. The van der Waals surface area contributed by atoms with Gasteiger partial charge in [-0.1, -0.05) is 44.2 Å². The highest BCUT2D eigenvalue weighted by Gasteiger charge is 2.12. The Morgan fingerprint density at radius 1 is 0.950 bits per heavy atom. The van der Waals surface area contributed by atoms with Crippen molar-refractivity contribution >= 4 is 5.69 Å². The molecule has 0 heterocycles. The van der Waals surface area contributed by atoms with Gasteiger partial charge in [-0.2, -0.15) is 0 Å². The van der Waals surface area contributed by atoms with E-state index < -0.39 is 6.10 Å². The number of nitrogen functional groups attached to an aromatic ring is 1. The maximum absolute atomic E-state index is 10.4. The lowest BCUT2D eigenvalue weighted by Crippen LogP contribution is -2.02. The second-order valence-electron chi connectivity index (χ2n) is 5.23. The van der Waals surface area contributed by atoms with Crippen LogP contribution in [0.2, 0.25) is 0 Å². The molecule has 1 atom stereocenters. The minimum atomic E-state index is -0.676. The van der Waals surface area contributed by atoms with Crippen LogP contribution < -0.4 is 10.5 Å². The van der Waals surface area contributed by atoms with Gasteiger partial charge in [0.1, 0.15) is 11.9 Å². The first kappa shape index (κ1) is 14.4. The third kappa shape index (κ3) is 2.94. The first-order chi connectivity index (χ1) is 9.52. The van der Waals surface area contributed by atoms with Crippen molar-refractivity contribution in [2.45, 2.75) is 25.9 Å². The predicted octanol–water partition coefficient (Wildman–Crippen LogP) is 3.48. The molecule has 0 fully saturated rings. The van der Waals surface area contributed by atoms with E-state index >= 15 is 0 Å². The zero-order valence-corrected chi connectivity index (χ0v) is 12.1. The molecule has 2 aromatic carbocycles. The zero-order chi connectivity index (χ0) is 14.7. The van der Waals surface area contributed by atoms with Crippen molar-refractivity contribution in [2.24, 2.45) is 0 Å². The average molecular weight is 271 g/mol. The highest BCUT2D eigenvalue weighted by atomic mass is 16.5. The highest BCUT2D eigenvalue weighted by molar-refractivity contribution is 5.55. The Balaban J connectivity index is 2.26. The van der Waals surface area contributed by atoms with Crippen LogP contribution in [0.4, 0.5) is 5.69 Å². The molecule has 3 N–H and O–H groups in total. The van der Waals surface area contributed by atoms with Gasteiger partial charge in [0, 0.05) is 0 Å². The van der Waals surface area contributed by atoms with Crippen molar-refractivity contribution in [1.29, 1.82) is 0 Å². The Morgan fingerprint density at radius 2 is 1.50 bits per heavy atom. The summed E-state index contributed by atoms with van der Waals surface area (Å²) in [5.41, 5.74) is 9.29. The first-order valence-corrected chi connectivity index (χ1v) is 6.74. The molecule has 0 bridgehead atoms. The summed E-state index contributed by atoms with van der Waals surface area (Å²) in [6.45, 7) is 4.30. The van der Waals surface area contributed by atoms with Crippen LogP contribution in [0.1, 0.15) is 42.6 Å². The fourth-order valence-electron chi connectivity index (χ4n) is 2.18. The van der Waals surface area contributed by atoms with Crippen molar-refractivity contribution in [3.63, 3.8) is 0 Å². The molecule has 2 rings (SSSR count). The number of hydrogen-bond acceptors (Lipinski definition) is 3. The molecule has 0 saturated carbocycles. The fourth-order valence-corrected chi connectivity index (χ4v) is 2.18. The Labute approximate surface area is 120 Å². The van der Waals surface area contributed by atoms with E-state index in [1.165, 1.54) is 5.56 Å². The summed E-state index contributed by atoms with van der Waals surface area (Å²) >= 11 is 0. The highest BCUT2D eigenvalue weighted by Crippen LogP contribution is 2.29. The largest absolute Gasteiger partial charge is 0.495 e. The number of rotatable bonds is 4.